The first-order valence-electron chi connectivity index (χ1n) is 6.59. The van der Waals surface area contributed by atoms with Gasteiger partial charge in [-0.1, -0.05) is 10.2 Å². The zero-order chi connectivity index (χ0) is 17.2. The highest BCUT2D eigenvalue weighted by molar-refractivity contribution is 5.67. The minimum Gasteiger partial charge on any atom is -0.456 e. The molecular weight excluding hydrogens is 312 g/mol. The summed E-state index contributed by atoms with van der Waals surface area (Å²) in [6.07, 6.45) is -3.92. The van der Waals surface area contributed by atoms with E-state index in [2.05, 4.69) is 20.1 Å². The number of carbonyl (C=O) groups excluding carboxylic acids is 2. The van der Waals surface area contributed by atoms with Crippen LogP contribution in [-0.2, 0) is 28.5 Å². The Morgan fingerprint density at radius 2 is 1.39 bits per heavy atom. The van der Waals surface area contributed by atoms with Crippen molar-refractivity contribution in [1.82, 2.24) is 0 Å². The second-order valence-electron chi connectivity index (χ2n) is 4.50. The van der Waals surface area contributed by atoms with E-state index in [4.69, 9.17) is 30.0 Å². The van der Waals surface area contributed by atoms with Gasteiger partial charge in [-0.25, -0.2) is 0 Å². The molecule has 0 amide bonds. The molecule has 0 bridgehead atoms. The van der Waals surface area contributed by atoms with Crippen LogP contribution in [0.4, 0.5) is 0 Å². The van der Waals surface area contributed by atoms with Gasteiger partial charge in [0.2, 0.25) is 0 Å². The number of rotatable bonds is 6. The second-order valence-corrected chi connectivity index (χ2v) is 4.50. The molecule has 1 saturated heterocycles. The van der Waals surface area contributed by atoms with Gasteiger partial charge in [0.25, 0.3) is 0 Å². The highest BCUT2D eigenvalue weighted by Gasteiger charge is 2.43. The van der Waals surface area contributed by atoms with Crippen LogP contribution in [-0.4, -0.2) is 56.2 Å². The van der Waals surface area contributed by atoms with Gasteiger partial charge in [0, 0.05) is 23.7 Å². The number of hydrogen-bond acceptors (Lipinski definition) is 8. The topological polar surface area (TPSA) is 169 Å². The summed E-state index contributed by atoms with van der Waals surface area (Å²) in [4.78, 5) is 27.9. The van der Waals surface area contributed by atoms with Crippen LogP contribution in [0.3, 0.4) is 0 Å². The van der Waals surface area contributed by atoms with E-state index in [0.717, 1.165) is 0 Å². The Bertz CT molecular complexity index is 483. The standard InChI is InChI=1S/C11H16N6O6/c1-6(18)22-10-8(3-14-16-12)20-5-21-9(4-15-17-13)11(10)23-7(2)19/h8-11H,3-5H2,1-2H3/t8-,9-,10-,11-/m1/s1. The molecule has 0 radical (unpaired) electrons. The molecule has 0 aliphatic carbocycles. The number of azide groups is 2. The third-order valence-electron chi connectivity index (χ3n) is 2.87. The van der Waals surface area contributed by atoms with Crippen LogP contribution < -0.4 is 0 Å². The van der Waals surface area contributed by atoms with Crippen LogP contribution in [0.1, 0.15) is 13.8 Å². The molecule has 0 aromatic heterocycles. The Hall–Kier alpha value is -2.52. The maximum atomic E-state index is 11.4. The van der Waals surface area contributed by atoms with E-state index in [-0.39, 0.29) is 19.9 Å². The average Bonchev–Trinajstić information content (AvgIpc) is 2.63. The van der Waals surface area contributed by atoms with E-state index in [1.165, 1.54) is 13.8 Å². The van der Waals surface area contributed by atoms with Crippen LogP contribution in [0.2, 0.25) is 0 Å². The summed E-state index contributed by atoms with van der Waals surface area (Å²) in [5.41, 5.74) is 16.9. The van der Waals surface area contributed by atoms with Gasteiger partial charge >= 0.3 is 11.9 Å². The third-order valence-corrected chi connectivity index (χ3v) is 2.87. The van der Waals surface area contributed by atoms with E-state index in [0.29, 0.717) is 0 Å². The molecule has 1 aliphatic heterocycles. The summed E-state index contributed by atoms with van der Waals surface area (Å²) in [6, 6.07) is 0. The van der Waals surface area contributed by atoms with Gasteiger partial charge in [-0.15, -0.1) is 0 Å². The van der Waals surface area contributed by atoms with Crippen molar-refractivity contribution in [3.8, 4) is 0 Å². The van der Waals surface area contributed by atoms with Crippen molar-refractivity contribution in [1.29, 1.82) is 0 Å². The number of hydrogen-bond donors (Lipinski definition) is 0. The average molecular weight is 328 g/mol. The summed E-state index contributed by atoms with van der Waals surface area (Å²) in [6.45, 7) is 1.77. The molecule has 0 unspecified atom stereocenters. The van der Waals surface area contributed by atoms with E-state index < -0.39 is 36.4 Å². The maximum absolute atomic E-state index is 11.4. The first-order valence-corrected chi connectivity index (χ1v) is 6.59. The Labute approximate surface area is 130 Å². The van der Waals surface area contributed by atoms with Gasteiger partial charge in [-0.3, -0.25) is 9.59 Å². The van der Waals surface area contributed by atoms with Crippen LogP contribution in [0, 0.1) is 0 Å². The lowest BCUT2D eigenvalue weighted by Gasteiger charge is -2.31. The van der Waals surface area contributed by atoms with Gasteiger partial charge in [-0.2, -0.15) is 0 Å². The summed E-state index contributed by atoms with van der Waals surface area (Å²) < 4.78 is 21.0. The number of nitrogens with zero attached hydrogens (tertiary/aromatic N) is 6. The quantitative estimate of drug-likeness (QED) is 0.307. The molecule has 1 fully saturated rings. The summed E-state index contributed by atoms with van der Waals surface area (Å²) in [5.74, 6) is -1.29. The van der Waals surface area contributed by atoms with Crippen molar-refractivity contribution < 1.29 is 28.5 Å². The molecule has 0 saturated carbocycles. The van der Waals surface area contributed by atoms with Crippen LogP contribution >= 0.6 is 0 Å². The Morgan fingerprint density at radius 1 is 1.00 bits per heavy atom. The van der Waals surface area contributed by atoms with Gasteiger partial charge in [0.1, 0.15) is 19.0 Å². The van der Waals surface area contributed by atoms with Crippen LogP contribution in [0.5, 0.6) is 0 Å². The highest BCUT2D eigenvalue weighted by Crippen LogP contribution is 2.23. The predicted octanol–water partition coefficient (Wildman–Crippen LogP) is 1.21. The Morgan fingerprint density at radius 3 is 1.70 bits per heavy atom. The Balaban J connectivity index is 3.13. The molecule has 1 heterocycles. The van der Waals surface area contributed by atoms with Gasteiger partial charge < -0.3 is 18.9 Å². The van der Waals surface area contributed by atoms with Crippen molar-refractivity contribution in [3.05, 3.63) is 20.9 Å². The SMILES string of the molecule is CC(=O)O[C@H]1[C@H](OC(C)=O)[C@@H](CN=[N+]=[N-])OCO[C@@H]1CN=[N+]=[N-]. The first kappa shape index (κ1) is 18.5. The fourth-order valence-electron chi connectivity index (χ4n) is 2.04. The second kappa shape index (κ2) is 9.49. The largest absolute Gasteiger partial charge is 0.456 e. The number of carbonyl (C=O) groups is 2. The lowest BCUT2D eigenvalue weighted by atomic mass is 10.0. The molecule has 4 atom stereocenters. The summed E-state index contributed by atoms with van der Waals surface area (Å²) >= 11 is 0. The van der Waals surface area contributed by atoms with Crippen molar-refractivity contribution >= 4 is 11.9 Å². The molecular formula is C11H16N6O6. The molecule has 0 spiro atoms. The highest BCUT2D eigenvalue weighted by atomic mass is 16.7. The molecule has 1 aliphatic rings. The predicted molar refractivity (Wildman–Crippen MR) is 73.7 cm³/mol. The van der Waals surface area contributed by atoms with E-state index >= 15 is 0 Å². The van der Waals surface area contributed by atoms with E-state index in [1.807, 2.05) is 0 Å². The Kier molecular flexibility index (Phi) is 7.64. The molecule has 12 heteroatoms. The maximum Gasteiger partial charge on any atom is 0.303 e. The number of esters is 2. The molecule has 0 aromatic carbocycles. The lowest BCUT2D eigenvalue weighted by Crippen LogP contribution is -2.50. The van der Waals surface area contributed by atoms with Crippen LogP contribution in [0.25, 0.3) is 20.9 Å². The molecule has 23 heavy (non-hydrogen) atoms. The summed E-state index contributed by atoms with van der Waals surface area (Å²) in [7, 11) is 0. The third kappa shape index (κ3) is 6.01. The molecule has 126 valence electrons. The van der Waals surface area contributed by atoms with Gasteiger partial charge in [0.05, 0.1) is 13.1 Å². The fraction of sp³-hybridized carbons (Fsp3) is 0.818. The molecule has 1 rings (SSSR count). The molecule has 0 N–H and O–H groups in total. The van der Waals surface area contributed by atoms with Gasteiger partial charge in [0.15, 0.2) is 12.2 Å². The number of ether oxygens (including phenoxy) is 4. The minimum absolute atomic E-state index is 0.163. The zero-order valence-electron chi connectivity index (χ0n) is 12.6. The van der Waals surface area contributed by atoms with Gasteiger partial charge in [-0.05, 0) is 11.1 Å². The van der Waals surface area contributed by atoms with Crippen molar-refractivity contribution in [2.45, 2.75) is 38.3 Å². The van der Waals surface area contributed by atoms with Crippen molar-refractivity contribution in [2.24, 2.45) is 10.2 Å². The minimum atomic E-state index is -1.08. The smallest absolute Gasteiger partial charge is 0.303 e. The van der Waals surface area contributed by atoms with E-state index in [1.54, 1.807) is 0 Å². The van der Waals surface area contributed by atoms with Crippen LogP contribution in [0.15, 0.2) is 10.2 Å². The van der Waals surface area contributed by atoms with E-state index in [9.17, 15) is 9.59 Å². The molecule has 12 nitrogen and oxygen atoms in total. The first-order chi connectivity index (χ1) is 11.0. The fourth-order valence-corrected chi connectivity index (χ4v) is 2.04. The van der Waals surface area contributed by atoms with Crippen molar-refractivity contribution in [3.63, 3.8) is 0 Å². The normalized spacial score (nSPS) is 26.9. The summed E-state index contributed by atoms with van der Waals surface area (Å²) in [5, 5.41) is 6.76. The molecule has 0 aromatic rings. The van der Waals surface area contributed by atoms with Crippen molar-refractivity contribution in [2.75, 3.05) is 19.9 Å². The lowest BCUT2D eigenvalue weighted by molar-refractivity contribution is -0.176. The zero-order valence-corrected chi connectivity index (χ0v) is 12.6. The monoisotopic (exact) mass is 328 g/mol.